The molecular weight excluding hydrogens is 238 g/mol. The van der Waals surface area contributed by atoms with Crippen molar-refractivity contribution in [1.82, 2.24) is 5.32 Å². The Labute approximate surface area is 116 Å². The molecule has 1 aromatic carbocycles. The molecule has 3 nitrogen and oxygen atoms in total. The highest BCUT2D eigenvalue weighted by Gasteiger charge is 2.12. The lowest BCUT2D eigenvalue weighted by molar-refractivity contribution is -0.122. The van der Waals surface area contributed by atoms with E-state index in [1.807, 2.05) is 30.3 Å². The number of hydrogen-bond donors (Lipinski definition) is 2. The van der Waals surface area contributed by atoms with Gasteiger partial charge in [0.25, 0.3) is 0 Å². The molecule has 0 spiro atoms. The standard InChI is InChI=1S/C16H25NO2/c1-2-3-4-5-9-12-16(19)17-15(13-18)14-10-7-6-8-11-14/h6-8,10-11,15,18H,2-5,9,12-13H2,1H3,(H,17,19)/t15-/m1/s1. The van der Waals surface area contributed by atoms with E-state index in [2.05, 4.69) is 12.2 Å². The number of aliphatic hydroxyl groups excluding tert-OH is 1. The van der Waals surface area contributed by atoms with Crippen LogP contribution in [0.2, 0.25) is 0 Å². The fourth-order valence-corrected chi connectivity index (χ4v) is 2.08. The number of unbranched alkanes of at least 4 members (excludes halogenated alkanes) is 4. The number of benzene rings is 1. The largest absolute Gasteiger partial charge is 0.394 e. The molecule has 0 fully saturated rings. The smallest absolute Gasteiger partial charge is 0.220 e. The molecule has 1 amide bonds. The summed E-state index contributed by atoms with van der Waals surface area (Å²) < 4.78 is 0. The molecule has 0 bridgehead atoms. The van der Waals surface area contributed by atoms with Crippen LogP contribution in [-0.2, 0) is 4.79 Å². The minimum atomic E-state index is -0.288. The molecule has 3 heteroatoms. The van der Waals surface area contributed by atoms with E-state index < -0.39 is 0 Å². The molecule has 19 heavy (non-hydrogen) atoms. The second kappa shape index (κ2) is 9.56. The predicted octanol–water partition coefficient (Wildman–Crippen LogP) is 3.20. The maximum absolute atomic E-state index is 11.8. The third-order valence-corrected chi connectivity index (χ3v) is 3.23. The van der Waals surface area contributed by atoms with Gasteiger partial charge in [0.2, 0.25) is 5.91 Å². The molecule has 2 N–H and O–H groups in total. The van der Waals surface area contributed by atoms with E-state index in [1.165, 1.54) is 19.3 Å². The Morgan fingerprint density at radius 2 is 1.84 bits per heavy atom. The van der Waals surface area contributed by atoms with Crippen molar-refractivity contribution in [3.05, 3.63) is 35.9 Å². The molecule has 0 saturated carbocycles. The van der Waals surface area contributed by atoms with E-state index in [0.717, 1.165) is 18.4 Å². The Hall–Kier alpha value is -1.35. The predicted molar refractivity (Wildman–Crippen MR) is 77.8 cm³/mol. The van der Waals surface area contributed by atoms with Crippen molar-refractivity contribution in [2.45, 2.75) is 51.5 Å². The number of nitrogens with one attached hydrogen (secondary N) is 1. The van der Waals surface area contributed by atoms with Gasteiger partial charge in [-0.1, -0.05) is 62.9 Å². The summed E-state index contributed by atoms with van der Waals surface area (Å²) in [6, 6.07) is 9.30. The van der Waals surface area contributed by atoms with Gasteiger partial charge in [-0.2, -0.15) is 0 Å². The molecule has 0 aliphatic heterocycles. The van der Waals surface area contributed by atoms with Gasteiger partial charge in [-0.3, -0.25) is 4.79 Å². The highest BCUT2D eigenvalue weighted by atomic mass is 16.3. The van der Waals surface area contributed by atoms with Crippen molar-refractivity contribution < 1.29 is 9.90 Å². The van der Waals surface area contributed by atoms with Crippen molar-refractivity contribution in [3.8, 4) is 0 Å². The molecular formula is C16H25NO2. The third-order valence-electron chi connectivity index (χ3n) is 3.23. The van der Waals surface area contributed by atoms with E-state index in [4.69, 9.17) is 0 Å². The van der Waals surface area contributed by atoms with Crippen molar-refractivity contribution in [2.24, 2.45) is 0 Å². The summed E-state index contributed by atoms with van der Waals surface area (Å²) in [5, 5.41) is 12.2. The lowest BCUT2D eigenvalue weighted by Crippen LogP contribution is -2.30. The van der Waals surface area contributed by atoms with Gasteiger partial charge in [0.05, 0.1) is 12.6 Å². The zero-order valence-electron chi connectivity index (χ0n) is 11.8. The number of aliphatic hydroxyl groups is 1. The number of carbonyl (C=O) groups excluding carboxylic acids is 1. The quantitative estimate of drug-likeness (QED) is 0.672. The van der Waals surface area contributed by atoms with E-state index in [-0.39, 0.29) is 18.6 Å². The van der Waals surface area contributed by atoms with Gasteiger partial charge >= 0.3 is 0 Å². The van der Waals surface area contributed by atoms with Crippen LogP contribution >= 0.6 is 0 Å². The van der Waals surface area contributed by atoms with Gasteiger partial charge in [0.15, 0.2) is 0 Å². The second-order valence-corrected chi connectivity index (χ2v) is 4.88. The van der Waals surface area contributed by atoms with E-state index >= 15 is 0 Å². The van der Waals surface area contributed by atoms with Crippen molar-refractivity contribution in [2.75, 3.05) is 6.61 Å². The SMILES string of the molecule is CCCCCCCC(=O)N[C@H](CO)c1ccccc1. The third kappa shape index (κ3) is 6.39. The average Bonchev–Trinajstić information content (AvgIpc) is 2.45. The van der Waals surface area contributed by atoms with Crippen LogP contribution in [0.15, 0.2) is 30.3 Å². The summed E-state index contributed by atoms with van der Waals surface area (Å²) in [6.07, 6.45) is 6.24. The minimum absolute atomic E-state index is 0.0272. The fourth-order valence-electron chi connectivity index (χ4n) is 2.08. The van der Waals surface area contributed by atoms with Gasteiger partial charge < -0.3 is 10.4 Å². The Morgan fingerprint density at radius 1 is 1.16 bits per heavy atom. The lowest BCUT2D eigenvalue weighted by atomic mass is 10.1. The summed E-state index contributed by atoms with van der Waals surface area (Å²) in [7, 11) is 0. The van der Waals surface area contributed by atoms with E-state index in [9.17, 15) is 9.90 Å². The van der Waals surface area contributed by atoms with Gasteiger partial charge in [0.1, 0.15) is 0 Å². The Balaban J connectivity index is 2.30. The highest BCUT2D eigenvalue weighted by Crippen LogP contribution is 2.12. The first-order valence-corrected chi connectivity index (χ1v) is 7.23. The van der Waals surface area contributed by atoms with Crippen molar-refractivity contribution >= 4 is 5.91 Å². The molecule has 106 valence electrons. The maximum Gasteiger partial charge on any atom is 0.220 e. The normalized spacial score (nSPS) is 12.1. The van der Waals surface area contributed by atoms with Gasteiger partial charge in [0, 0.05) is 6.42 Å². The van der Waals surface area contributed by atoms with Crippen LogP contribution in [0.4, 0.5) is 0 Å². The average molecular weight is 263 g/mol. The molecule has 0 aliphatic carbocycles. The topological polar surface area (TPSA) is 49.3 Å². The Bertz CT molecular complexity index is 351. The second-order valence-electron chi connectivity index (χ2n) is 4.88. The number of hydrogen-bond acceptors (Lipinski definition) is 2. The van der Waals surface area contributed by atoms with Crippen molar-refractivity contribution in [3.63, 3.8) is 0 Å². The molecule has 1 atom stereocenters. The van der Waals surface area contributed by atoms with Crippen LogP contribution in [0.3, 0.4) is 0 Å². The molecule has 1 aromatic rings. The van der Waals surface area contributed by atoms with E-state index in [1.54, 1.807) is 0 Å². The van der Waals surface area contributed by atoms with Crippen LogP contribution in [-0.4, -0.2) is 17.6 Å². The number of amides is 1. The molecule has 0 aliphatic rings. The Kier molecular flexibility index (Phi) is 7.91. The fraction of sp³-hybridized carbons (Fsp3) is 0.562. The number of carbonyl (C=O) groups is 1. The van der Waals surface area contributed by atoms with Crippen LogP contribution in [0.1, 0.15) is 57.1 Å². The van der Waals surface area contributed by atoms with Gasteiger partial charge in [-0.05, 0) is 12.0 Å². The monoisotopic (exact) mass is 263 g/mol. The summed E-state index contributed by atoms with van der Waals surface area (Å²) in [4.78, 5) is 11.8. The van der Waals surface area contributed by atoms with Gasteiger partial charge in [-0.25, -0.2) is 0 Å². The minimum Gasteiger partial charge on any atom is -0.394 e. The highest BCUT2D eigenvalue weighted by molar-refractivity contribution is 5.76. The molecule has 1 rings (SSSR count). The summed E-state index contributed by atoms with van der Waals surface area (Å²) in [6.45, 7) is 2.12. The van der Waals surface area contributed by atoms with Crippen LogP contribution in [0, 0.1) is 0 Å². The molecule has 0 aromatic heterocycles. The van der Waals surface area contributed by atoms with Crippen LogP contribution < -0.4 is 5.32 Å². The van der Waals surface area contributed by atoms with Crippen molar-refractivity contribution in [1.29, 1.82) is 0 Å². The summed E-state index contributed by atoms with van der Waals surface area (Å²) >= 11 is 0. The zero-order chi connectivity index (χ0) is 13.9. The molecule has 0 saturated heterocycles. The zero-order valence-corrected chi connectivity index (χ0v) is 11.8. The molecule has 0 unspecified atom stereocenters. The van der Waals surface area contributed by atoms with E-state index in [0.29, 0.717) is 6.42 Å². The van der Waals surface area contributed by atoms with Gasteiger partial charge in [-0.15, -0.1) is 0 Å². The maximum atomic E-state index is 11.8. The molecule has 0 radical (unpaired) electrons. The first-order valence-electron chi connectivity index (χ1n) is 7.23. The first-order chi connectivity index (χ1) is 9.27. The summed E-state index contributed by atoms with van der Waals surface area (Å²) in [5.41, 5.74) is 0.948. The molecule has 0 heterocycles. The Morgan fingerprint density at radius 3 is 2.47 bits per heavy atom. The first kappa shape index (κ1) is 15.7. The lowest BCUT2D eigenvalue weighted by Gasteiger charge is -2.16. The number of rotatable bonds is 9. The van der Waals surface area contributed by atoms with Crippen LogP contribution in [0.25, 0.3) is 0 Å². The van der Waals surface area contributed by atoms with Crippen LogP contribution in [0.5, 0.6) is 0 Å². The summed E-state index contributed by atoms with van der Waals surface area (Å²) in [5.74, 6) is 0.0272.